The molecule has 0 saturated heterocycles. The SMILES string of the molecule is Cc1cc(C)cc(-n2nc(C(C)(C)CN)cc2C)c1. The normalized spacial score (nSPS) is 11.9. The minimum absolute atomic E-state index is 0.0884. The van der Waals surface area contributed by atoms with Crippen LogP contribution in [-0.4, -0.2) is 16.3 Å². The van der Waals surface area contributed by atoms with Gasteiger partial charge in [-0.05, 0) is 50.1 Å². The summed E-state index contributed by atoms with van der Waals surface area (Å²) in [7, 11) is 0. The molecule has 3 nitrogen and oxygen atoms in total. The lowest BCUT2D eigenvalue weighted by Crippen LogP contribution is -2.28. The molecule has 102 valence electrons. The lowest BCUT2D eigenvalue weighted by Gasteiger charge is -2.19. The molecule has 2 aromatic rings. The molecule has 2 rings (SSSR count). The van der Waals surface area contributed by atoms with Gasteiger partial charge in [-0.3, -0.25) is 0 Å². The highest BCUT2D eigenvalue weighted by Gasteiger charge is 2.23. The van der Waals surface area contributed by atoms with E-state index in [0.717, 1.165) is 17.1 Å². The van der Waals surface area contributed by atoms with Crippen LogP contribution in [0.3, 0.4) is 0 Å². The van der Waals surface area contributed by atoms with Gasteiger partial charge in [-0.15, -0.1) is 0 Å². The van der Waals surface area contributed by atoms with E-state index >= 15 is 0 Å². The van der Waals surface area contributed by atoms with Crippen molar-refractivity contribution in [1.82, 2.24) is 9.78 Å². The van der Waals surface area contributed by atoms with E-state index in [9.17, 15) is 0 Å². The Labute approximate surface area is 115 Å². The van der Waals surface area contributed by atoms with Crippen molar-refractivity contribution in [3.8, 4) is 5.69 Å². The van der Waals surface area contributed by atoms with Crippen molar-refractivity contribution in [3.63, 3.8) is 0 Å². The summed E-state index contributed by atoms with van der Waals surface area (Å²) in [6, 6.07) is 8.62. The molecule has 0 radical (unpaired) electrons. The van der Waals surface area contributed by atoms with Crippen molar-refractivity contribution in [2.24, 2.45) is 5.73 Å². The molecule has 0 aliphatic carbocycles. The third-order valence-electron chi connectivity index (χ3n) is 3.54. The molecule has 1 heterocycles. The Kier molecular flexibility index (Phi) is 3.50. The predicted molar refractivity (Wildman–Crippen MR) is 79.9 cm³/mol. The number of hydrogen-bond acceptors (Lipinski definition) is 2. The van der Waals surface area contributed by atoms with Gasteiger partial charge in [0.15, 0.2) is 0 Å². The predicted octanol–water partition coefficient (Wildman–Crippen LogP) is 3.03. The Balaban J connectivity index is 2.52. The molecule has 2 N–H and O–H groups in total. The third kappa shape index (κ3) is 2.71. The van der Waals surface area contributed by atoms with Crippen LogP contribution in [0, 0.1) is 20.8 Å². The van der Waals surface area contributed by atoms with Gasteiger partial charge >= 0.3 is 0 Å². The van der Waals surface area contributed by atoms with Crippen LogP contribution in [0.15, 0.2) is 24.3 Å². The fourth-order valence-corrected chi connectivity index (χ4v) is 2.24. The quantitative estimate of drug-likeness (QED) is 0.918. The lowest BCUT2D eigenvalue weighted by molar-refractivity contribution is 0.515. The van der Waals surface area contributed by atoms with Crippen LogP contribution in [0.5, 0.6) is 0 Å². The number of benzene rings is 1. The molecule has 1 aromatic carbocycles. The summed E-state index contributed by atoms with van der Waals surface area (Å²) in [4.78, 5) is 0. The Bertz CT molecular complexity index is 574. The van der Waals surface area contributed by atoms with Crippen LogP contribution >= 0.6 is 0 Å². The van der Waals surface area contributed by atoms with Gasteiger partial charge in [-0.1, -0.05) is 19.9 Å². The molecule has 0 amide bonds. The van der Waals surface area contributed by atoms with Gasteiger partial charge in [-0.25, -0.2) is 4.68 Å². The zero-order valence-electron chi connectivity index (χ0n) is 12.5. The molecule has 0 fully saturated rings. The zero-order valence-corrected chi connectivity index (χ0v) is 12.5. The van der Waals surface area contributed by atoms with Gasteiger partial charge in [0, 0.05) is 17.7 Å². The number of aryl methyl sites for hydroxylation is 3. The van der Waals surface area contributed by atoms with Crippen molar-refractivity contribution in [2.75, 3.05) is 6.54 Å². The van der Waals surface area contributed by atoms with Gasteiger partial charge < -0.3 is 5.73 Å². The highest BCUT2D eigenvalue weighted by Crippen LogP contribution is 2.23. The molecular formula is C16H23N3. The van der Waals surface area contributed by atoms with Crippen LogP contribution < -0.4 is 5.73 Å². The third-order valence-corrected chi connectivity index (χ3v) is 3.54. The number of nitrogens with zero attached hydrogens (tertiary/aromatic N) is 2. The van der Waals surface area contributed by atoms with Gasteiger partial charge in [0.05, 0.1) is 11.4 Å². The van der Waals surface area contributed by atoms with Crippen LogP contribution in [0.2, 0.25) is 0 Å². The maximum absolute atomic E-state index is 5.84. The maximum Gasteiger partial charge on any atom is 0.0700 e. The van der Waals surface area contributed by atoms with Crippen molar-refractivity contribution < 1.29 is 0 Å². The fourth-order valence-electron chi connectivity index (χ4n) is 2.24. The van der Waals surface area contributed by atoms with E-state index in [4.69, 9.17) is 10.8 Å². The van der Waals surface area contributed by atoms with Gasteiger partial charge in [0.25, 0.3) is 0 Å². The Morgan fingerprint density at radius 3 is 2.16 bits per heavy atom. The van der Waals surface area contributed by atoms with Gasteiger partial charge in [-0.2, -0.15) is 5.10 Å². The molecule has 19 heavy (non-hydrogen) atoms. The van der Waals surface area contributed by atoms with Gasteiger partial charge in [0.2, 0.25) is 0 Å². The first kappa shape index (κ1) is 13.8. The molecule has 0 aliphatic heterocycles. The second-order valence-corrected chi connectivity index (χ2v) is 6.02. The topological polar surface area (TPSA) is 43.8 Å². The van der Waals surface area contributed by atoms with E-state index in [2.05, 4.69) is 58.9 Å². The highest BCUT2D eigenvalue weighted by atomic mass is 15.3. The molecule has 0 unspecified atom stereocenters. The van der Waals surface area contributed by atoms with Crippen molar-refractivity contribution in [1.29, 1.82) is 0 Å². The second kappa shape index (κ2) is 4.82. The average Bonchev–Trinajstić information content (AvgIpc) is 2.71. The largest absolute Gasteiger partial charge is 0.330 e. The molecule has 3 heteroatoms. The average molecular weight is 257 g/mol. The Morgan fingerprint density at radius 2 is 1.63 bits per heavy atom. The first-order valence-corrected chi connectivity index (χ1v) is 6.69. The lowest BCUT2D eigenvalue weighted by atomic mass is 9.90. The number of nitrogens with two attached hydrogens (primary N) is 1. The molecular weight excluding hydrogens is 234 g/mol. The molecule has 0 bridgehead atoms. The summed E-state index contributed by atoms with van der Waals surface area (Å²) in [6.45, 7) is 11.2. The van der Waals surface area contributed by atoms with E-state index in [1.165, 1.54) is 11.1 Å². The number of aromatic nitrogens is 2. The van der Waals surface area contributed by atoms with Crippen LogP contribution in [0.4, 0.5) is 0 Å². The first-order valence-electron chi connectivity index (χ1n) is 6.69. The standard InChI is InChI=1S/C16H23N3/c1-11-6-12(2)8-14(7-11)19-13(3)9-15(18-19)16(4,5)10-17/h6-9H,10,17H2,1-5H3. The molecule has 1 aromatic heterocycles. The van der Waals surface area contributed by atoms with Crippen molar-refractivity contribution in [3.05, 3.63) is 46.8 Å². The van der Waals surface area contributed by atoms with Crippen LogP contribution in [-0.2, 0) is 5.41 Å². The molecule has 0 aliphatic rings. The Morgan fingerprint density at radius 1 is 1.05 bits per heavy atom. The van der Waals surface area contributed by atoms with Crippen molar-refractivity contribution in [2.45, 2.75) is 40.0 Å². The second-order valence-electron chi connectivity index (χ2n) is 6.02. The van der Waals surface area contributed by atoms with E-state index in [1.54, 1.807) is 0 Å². The summed E-state index contributed by atoms with van der Waals surface area (Å²) in [6.07, 6.45) is 0. The molecule has 0 saturated carbocycles. The minimum atomic E-state index is -0.0884. The van der Waals surface area contributed by atoms with E-state index in [1.807, 2.05) is 4.68 Å². The van der Waals surface area contributed by atoms with Gasteiger partial charge in [0.1, 0.15) is 0 Å². The fraction of sp³-hybridized carbons (Fsp3) is 0.438. The smallest absolute Gasteiger partial charge is 0.0700 e. The molecule has 0 spiro atoms. The first-order chi connectivity index (χ1) is 8.83. The number of rotatable bonds is 3. The Hall–Kier alpha value is -1.61. The summed E-state index contributed by atoms with van der Waals surface area (Å²) < 4.78 is 2.01. The summed E-state index contributed by atoms with van der Waals surface area (Å²) in [5.74, 6) is 0. The maximum atomic E-state index is 5.84. The van der Waals surface area contributed by atoms with E-state index in [-0.39, 0.29) is 5.41 Å². The zero-order chi connectivity index (χ0) is 14.2. The number of hydrogen-bond donors (Lipinski definition) is 1. The van der Waals surface area contributed by atoms with Crippen LogP contribution in [0.1, 0.15) is 36.4 Å². The highest BCUT2D eigenvalue weighted by molar-refractivity contribution is 5.40. The minimum Gasteiger partial charge on any atom is -0.330 e. The van der Waals surface area contributed by atoms with Crippen LogP contribution in [0.25, 0.3) is 5.69 Å². The monoisotopic (exact) mass is 257 g/mol. The van der Waals surface area contributed by atoms with E-state index < -0.39 is 0 Å². The summed E-state index contributed by atoms with van der Waals surface area (Å²) in [5, 5.41) is 4.74. The summed E-state index contributed by atoms with van der Waals surface area (Å²) >= 11 is 0. The summed E-state index contributed by atoms with van der Waals surface area (Å²) in [5.41, 5.74) is 11.6. The molecule has 0 atom stereocenters. The van der Waals surface area contributed by atoms with Crippen molar-refractivity contribution >= 4 is 0 Å². The van der Waals surface area contributed by atoms with E-state index in [0.29, 0.717) is 6.54 Å².